The van der Waals surface area contributed by atoms with Gasteiger partial charge in [-0.25, -0.2) is 0 Å². The number of carbonyl (C=O) groups is 1. The number of nitrogens with two attached hydrogens (primary N) is 1. The van der Waals surface area contributed by atoms with Gasteiger partial charge in [-0.2, -0.15) is 0 Å². The second kappa shape index (κ2) is 7.88. The van der Waals surface area contributed by atoms with Crippen molar-refractivity contribution in [2.75, 3.05) is 25.5 Å². The Hall–Kier alpha value is -1.75. The minimum absolute atomic E-state index is 0.0890. The molecule has 1 aromatic carbocycles. The van der Waals surface area contributed by atoms with Gasteiger partial charge in [0.25, 0.3) is 0 Å². The number of anilines is 1. The summed E-state index contributed by atoms with van der Waals surface area (Å²) in [4.78, 5) is 11.7. The Morgan fingerprint density at radius 1 is 1.43 bits per heavy atom. The molecule has 5 nitrogen and oxygen atoms in total. The lowest BCUT2D eigenvalue weighted by atomic mass is 9.80. The molecule has 3 N–H and O–H groups in total. The van der Waals surface area contributed by atoms with Crippen LogP contribution in [-0.4, -0.2) is 31.8 Å². The molecule has 116 valence electrons. The first-order valence-corrected chi connectivity index (χ1v) is 7.54. The molecule has 0 saturated heterocycles. The van der Waals surface area contributed by atoms with E-state index in [-0.39, 0.29) is 5.91 Å². The average Bonchev–Trinajstić information content (AvgIpc) is 2.41. The van der Waals surface area contributed by atoms with E-state index in [1.165, 1.54) is 0 Å². The second-order valence-electron chi connectivity index (χ2n) is 5.39. The molecule has 5 heteroatoms. The molecule has 1 aliphatic rings. The third-order valence-corrected chi connectivity index (χ3v) is 3.62. The summed E-state index contributed by atoms with van der Waals surface area (Å²) >= 11 is 0. The monoisotopic (exact) mass is 292 g/mol. The molecular formula is C16H24N2O3. The molecule has 1 saturated carbocycles. The van der Waals surface area contributed by atoms with E-state index in [9.17, 15) is 4.79 Å². The Kier molecular flexibility index (Phi) is 5.87. The zero-order chi connectivity index (χ0) is 15.1. The number of amides is 1. The van der Waals surface area contributed by atoms with Gasteiger partial charge in [0, 0.05) is 24.8 Å². The fourth-order valence-electron chi connectivity index (χ4n) is 2.51. The van der Waals surface area contributed by atoms with Gasteiger partial charge in [0.05, 0.1) is 12.6 Å². The van der Waals surface area contributed by atoms with Gasteiger partial charge in [-0.15, -0.1) is 0 Å². The molecule has 0 heterocycles. The van der Waals surface area contributed by atoms with E-state index in [2.05, 4.69) is 5.32 Å². The molecular weight excluding hydrogens is 268 g/mol. The number of benzene rings is 1. The first-order chi connectivity index (χ1) is 10.2. The van der Waals surface area contributed by atoms with E-state index in [0.29, 0.717) is 37.3 Å². The molecule has 0 aromatic heterocycles. The van der Waals surface area contributed by atoms with Crippen LogP contribution in [0.1, 0.15) is 26.2 Å². The molecule has 0 radical (unpaired) electrons. The molecule has 1 amide bonds. The average molecular weight is 292 g/mol. The number of nitrogen functional groups attached to an aromatic ring is 1. The van der Waals surface area contributed by atoms with Gasteiger partial charge in [-0.3, -0.25) is 4.79 Å². The van der Waals surface area contributed by atoms with Crippen molar-refractivity contribution in [2.24, 2.45) is 5.92 Å². The summed E-state index contributed by atoms with van der Waals surface area (Å²) in [5.74, 6) is 1.28. The number of hydrogen-bond acceptors (Lipinski definition) is 4. The minimum atomic E-state index is 0.0890. The Morgan fingerprint density at radius 2 is 2.24 bits per heavy atom. The van der Waals surface area contributed by atoms with E-state index < -0.39 is 0 Å². The van der Waals surface area contributed by atoms with Crippen LogP contribution in [0.3, 0.4) is 0 Å². The molecule has 0 atom stereocenters. The highest BCUT2D eigenvalue weighted by molar-refractivity contribution is 5.76. The van der Waals surface area contributed by atoms with Gasteiger partial charge in [-0.05, 0) is 37.8 Å². The van der Waals surface area contributed by atoms with Crippen LogP contribution in [-0.2, 0) is 9.53 Å². The molecule has 0 spiro atoms. The molecule has 0 aliphatic heterocycles. The summed E-state index contributed by atoms with van der Waals surface area (Å²) < 4.78 is 11.0. The predicted octanol–water partition coefficient (Wildman–Crippen LogP) is 1.97. The molecule has 1 fully saturated rings. The van der Waals surface area contributed by atoms with Crippen molar-refractivity contribution in [3.05, 3.63) is 24.3 Å². The number of carbonyl (C=O) groups excluding carboxylic acids is 1. The van der Waals surface area contributed by atoms with Crippen LogP contribution in [0.15, 0.2) is 24.3 Å². The lowest BCUT2D eigenvalue weighted by Crippen LogP contribution is -2.36. The number of ether oxygens (including phenoxy) is 2. The highest BCUT2D eigenvalue weighted by Gasteiger charge is 2.30. The van der Waals surface area contributed by atoms with Gasteiger partial charge in [0.1, 0.15) is 12.4 Å². The molecule has 2 rings (SSSR count). The maximum absolute atomic E-state index is 11.7. The zero-order valence-electron chi connectivity index (χ0n) is 12.5. The summed E-state index contributed by atoms with van der Waals surface area (Å²) in [7, 11) is 0. The largest absolute Gasteiger partial charge is 0.492 e. The van der Waals surface area contributed by atoms with Crippen molar-refractivity contribution in [2.45, 2.75) is 32.3 Å². The smallest absolute Gasteiger partial charge is 0.220 e. The predicted molar refractivity (Wildman–Crippen MR) is 82.1 cm³/mol. The van der Waals surface area contributed by atoms with Crippen molar-refractivity contribution in [1.29, 1.82) is 0 Å². The summed E-state index contributed by atoms with van der Waals surface area (Å²) in [6, 6.07) is 7.27. The maximum atomic E-state index is 11.7. The van der Waals surface area contributed by atoms with Gasteiger partial charge in [-0.1, -0.05) is 6.07 Å². The normalized spacial score (nSPS) is 20.6. The van der Waals surface area contributed by atoms with Crippen LogP contribution in [0.2, 0.25) is 0 Å². The second-order valence-corrected chi connectivity index (χ2v) is 5.39. The third kappa shape index (κ3) is 5.27. The third-order valence-electron chi connectivity index (χ3n) is 3.62. The maximum Gasteiger partial charge on any atom is 0.220 e. The van der Waals surface area contributed by atoms with E-state index in [4.69, 9.17) is 15.2 Å². The standard InChI is InChI=1S/C16H24N2O3/c1-2-20-15-8-12(9-15)10-16(19)18-6-7-21-14-5-3-4-13(17)11-14/h3-5,11-12,15H,2,6-10,17H2,1H3,(H,18,19). The van der Waals surface area contributed by atoms with Crippen LogP contribution < -0.4 is 15.8 Å². The highest BCUT2D eigenvalue weighted by Crippen LogP contribution is 2.32. The van der Waals surface area contributed by atoms with Crippen LogP contribution >= 0.6 is 0 Å². The lowest BCUT2D eigenvalue weighted by molar-refractivity contribution is -0.124. The first kappa shape index (κ1) is 15.6. The fraction of sp³-hybridized carbons (Fsp3) is 0.562. The quantitative estimate of drug-likeness (QED) is 0.567. The van der Waals surface area contributed by atoms with E-state index in [1.807, 2.05) is 25.1 Å². The number of nitrogens with one attached hydrogen (secondary N) is 1. The summed E-state index contributed by atoms with van der Waals surface area (Å²) in [6.45, 7) is 3.71. The molecule has 1 aliphatic carbocycles. The lowest BCUT2D eigenvalue weighted by Gasteiger charge is -2.34. The van der Waals surface area contributed by atoms with Crippen LogP contribution in [0.4, 0.5) is 5.69 Å². The Bertz CT molecular complexity index is 459. The van der Waals surface area contributed by atoms with Crippen molar-refractivity contribution in [3.63, 3.8) is 0 Å². The molecule has 21 heavy (non-hydrogen) atoms. The topological polar surface area (TPSA) is 73.6 Å². The van der Waals surface area contributed by atoms with E-state index in [1.54, 1.807) is 6.07 Å². The Balaban J connectivity index is 1.54. The van der Waals surface area contributed by atoms with E-state index >= 15 is 0 Å². The van der Waals surface area contributed by atoms with Crippen molar-refractivity contribution < 1.29 is 14.3 Å². The van der Waals surface area contributed by atoms with Crippen LogP contribution in [0.25, 0.3) is 0 Å². The molecule has 0 bridgehead atoms. The van der Waals surface area contributed by atoms with Gasteiger partial charge < -0.3 is 20.5 Å². The van der Waals surface area contributed by atoms with Crippen LogP contribution in [0, 0.1) is 5.92 Å². The van der Waals surface area contributed by atoms with E-state index in [0.717, 1.165) is 25.2 Å². The summed E-state index contributed by atoms with van der Waals surface area (Å²) in [6.07, 6.45) is 2.95. The van der Waals surface area contributed by atoms with Crippen molar-refractivity contribution >= 4 is 11.6 Å². The summed E-state index contributed by atoms with van der Waals surface area (Å²) in [5, 5.41) is 2.88. The summed E-state index contributed by atoms with van der Waals surface area (Å²) in [5.41, 5.74) is 6.33. The van der Waals surface area contributed by atoms with Crippen molar-refractivity contribution in [1.82, 2.24) is 5.32 Å². The van der Waals surface area contributed by atoms with Gasteiger partial charge >= 0.3 is 0 Å². The number of hydrogen-bond donors (Lipinski definition) is 2. The number of rotatable bonds is 8. The van der Waals surface area contributed by atoms with Crippen molar-refractivity contribution in [3.8, 4) is 5.75 Å². The molecule has 0 unspecified atom stereocenters. The Labute approximate surface area is 125 Å². The first-order valence-electron chi connectivity index (χ1n) is 7.54. The fourth-order valence-corrected chi connectivity index (χ4v) is 2.51. The van der Waals surface area contributed by atoms with Gasteiger partial charge in [0.15, 0.2) is 0 Å². The van der Waals surface area contributed by atoms with Gasteiger partial charge in [0.2, 0.25) is 5.91 Å². The van der Waals surface area contributed by atoms with Crippen LogP contribution in [0.5, 0.6) is 5.75 Å². The molecule has 1 aromatic rings. The zero-order valence-corrected chi connectivity index (χ0v) is 12.5. The minimum Gasteiger partial charge on any atom is -0.492 e. The SMILES string of the molecule is CCOC1CC(CC(=O)NCCOc2cccc(N)c2)C1. The Morgan fingerprint density at radius 3 is 2.95 bits per heavy atom. The highest BCUT2D eigenvalue weighted by atomic mass is 16.5.